The summed E-state index contributed by atoms with van der Waals surface area (Å²) in [4.78, 5) is 47.2. The molecule has 2 aromatic carbocycles. The van der Waals surface area contributed by atoms with Gasteiger partial charge in [-0.05, 0) is 82.0 Å². The van der Waals surface area contributed by atoms with Crippen LogP contribution in [0.15, 0.2) is 42.5 Å². The number of hydrogen-bond donors (Lipinski definition) is 0. The van der Waals surface area contributed by atoms with Gasteiger partial charge in [0.1, 0.15) is 11.0 Å². The van der Waals surface area contributed by atoms with Crippen molar-refractivity contribution in [3.63, 3.8) is 0 Å². The van der Waals surface area contributed by atoms with E-state index in [-0.39, 0.29) is 30.1 Å². The Balaban J connectivity index is 1.41. The molecule has 1 aromatic heterocycles. The molecule has 0 bridgehead atoms. The van der Waals surface area contributed by atoms with E-state index >= 15 is 0 Å². The third-order valence-electron chi connectivity index (χ3n) is 7.03. The van der Waals surface area contributed by atoms with Crippen LogP contribution in [0.3, 0.4) is 0 Å². The summed E-state index contributed by atoms with van der Waals surface area (Å²) in [5, 5.41) is 0.898. The summed E-state index contributed by atoms with van der Waals surface area (Å²) in [6.07, 6.45) is 2.46. The summed E-state index contributed by atoms with van der Waals surface area (Å²) in [6, 6.07) is 12.8. The Hall–Kier alpha value is -3.06. The number of imide groups is 1. The van der Waals surface area contributed by atoms with Crippen molar-refractivity contribution in [3.05, 3.63) is 48.0 Å². The number of fused-ring (bicyclic) bond motifs is 1. The fourth-order valence-electron chi connectivity index (χ4n) is 4.57. The molecule has 1 aliphatic carbocycles. The minimum atomic E-state index is -0.747. The fourth-order valence-corrected chi connectivity index (χ4v) is 5.64. The van der Waals surface area contributed by atoms with Gasteiger partial charge in [0.25, 0.3) is 5.91 Å². The van der Waals surface area contributed by atoms with Gasteiger partial charge in [-0.15, -0.1) is 11.3 Å². The monoisotopic (exact) mass is 475 g/mol. The molecule has 7 heteroatoms. The highest BCUT2D eigenvalue weighted by Gasteiger charge is 2.50. The first-order valence-corrected chi connectivity index (χ1v) is 12.7. The van der Waals surface area contributed by atoms with Crippen molar-refractivity contribution in [2.75, 3.05) is 4.90 Å². The molecule has 0 radical (unpaired) electrons. The third-order valence-corrected chi connectivity index (χ3v) is 8.10. The van der Waals surface area contributed by atoms with Crippen molar-refractivity contribution in [1.82, 2.24) is 9.88 Å². The second kappa shape index (κ2) is 8.31. The average Bonchev–Trinajstić information content (AvgIpc) is 3.52. The van der Waals surface area contributed by atoms with Crippen LogP contribution in [0, 0.1) is 12.8 Å². The van der Waals surface area contributed by atoms with E-state index in [0.29, 0.717) is 12.1 Å². The number of aryl methyl sites for hydroxylation is 1. The Morgan fingerprint density at radius 1 is 1.15 bits per heavy atom. The van der Waals surface area contributed by atoms with Crippen LogP contribution in [0.4, 0.5) is 5.69 Å². The van der Waals surface area contributed by atoms with Gasteiger partial charge in [0.2, 0.25) is 11.8 Å². The standard InChI is InChI=1S/C27H29N3O3S/c1-5-27(3,4)30(25(32)18-7-8-18)21-15-23(31)29(26(21)33)19-11-9-17(10-12-19)24-28-20-13-6-16(2)14-22(20)34-24/h6,9-14,18,21H,5,7-8,15H2,1-4H3. The van der Waals surface area contributed by atoms with Crippen LogP contribution >= 0.6 is 11.3 Å². The molecule has 1 unspecified atom stereocenters. The molecule has 2 aliphatic rings. The Labute approximate surface area is 203 Å². The van der Waals surface area contributed by atoms with Gasteiger partial charge in [-0.25, -0.2) is 9.88 Å². The summed E-state index contributed by atoms with van der Waals surface area (Å²) >= 11 is 1.62. The minimum absolute atomic E-state index is 0.00118. The van der Waals surface area contributed by atoms with Gasteiger partial charge >= 0.3 is 0 Å². The zero-order chi connectivity index (χ0) is 24.2. The zero-order valence-electron chi connectivity index (χ0n) is 20.0. The van der Waals surface area contributed by atoms with Crippen LogP contribution in [0.5, 0.6) is 0 Å². The SMILES string of the molecule is CCC(C)(C)N(C(=O)C1CC1)C1CC(=O)N(c2ccc(-c3nc4ccc(C)cc4s3)cc2)C1=O. The first-order chi connectivity index (χ1) is 16.2. The van der Waals surface area contributed by atoms with Gasteiger partial charge in [-0.3, -0.25) is 14.4 Å². The molecule has 3 amide bonds. The number of carbonyl (C=O) groups is 3. The molecule has 2 fully saturated rings. The molecule has 6 nitrogen and oxygen atoms in total. The van der Waals surface area contributed by atoms with E-state index in [0.717, 1.165) is 33.6 Å². The van der Waals surface area contributed by atoms with Gasteiger partial charge in [0.15, 0.2) is 0 Å². The van der Waals surface area contributed by atoms with E-state index in [1.54, 1.807) is 28.4 Å². The predicted octanol–water partition coefficient (Wildman–Crippen LogP) is 5.33. The number of aromatic nitrogens is 1. The van der Waals surface area contributed by atoms with E-state index in [2.05, 4.69) is 13.0 Å². The number of rotatable bonds is 6. The van der Waals surface area contributed by atoms with Crippen molar-refractivity contribution in [1.29, 1.82) is 0 Å². The maximum Gasteiger partial charge on any atom is 0.257 e. The summed E-state index contributed by atoms with van der Waals surface area (Å²) in [5.74, 6) is -0.594. The van der Waals surface area contributed by atoms with E-state index in [1.165, 1.54) is 10.5 Å². The summed E-state index contributed by atoms with van der Waals surface area (Å²) < 4.78 is 1.13. The van der Waals surface area contributed by atoms with Crippen molar-refractivity contribution in [2.45, 2.75) is 65.0 Å². The number of carbonyl (C=O) groups excluding carboxylic acids is 3. The topological polar surface area (TPSA) is 70.6 Å². The molecule has 1 saturated heterocycles. The van der Waals surface area contributed by atoms with Crippen LogP contribution in [-0.2, 0) is 14.4 Å². The molecular weight excluding hydrogens is 446 g/mol. The van der Waals surface area contributed by atoms with Gasteiger partial charge < -0.3 is 4.90 Å². The molecule has 1 aliphatic heterocycles. The minimum Gasteiger partial charge on any atom is -0.325 e. The number of thiazole rings is 1. The van der Waals surface area contributed by atoms with Gasteiger partial charge in [-0.2, -0.15) is 0 Å². The number of amides is 3. The quantitative estimate of drug-likeness (QED) is 0.452. The Morgan fingerprint density at radius 3 is 2.50 bits per heavy atom. The van der Waals surface area contributed by atoms with Crippen LogP contribution in [-0.4, -0.2) is 39.2 Å². The first kappa shape index (κ1) is 22.7. The molecular formula is C27H29N3O3S. The van der Waals surface area contributed by atoms with Crippen LogP contribution < -0.4 is 4.90 Å². The predicted molar refractivity (Wildman–Crippen MR) is 135 cm³/mol. The number of anilines is 1. The zero-order valence-corrected chi connectivity index (χ0v) is 20.8. The highest BCUT2D eigenvalue weighted by Crippen LogP contribution is 2.38. The van der Waals surface area contributed by atoms with Gasteiger partial charge in [0, 0.05) is 17.0 Å². The van der Waals surface area contributed by atoms with Crippen LogP contribution in [0.1, 0.15) is 52.0 Å². The fraction of sp³-hybridized carbons (Fsp3) is 0.407. The second-order valence-corrected chi connectivity index (χ2v) is 11.0. The molecule has 0 N–H and O–H groups in total. The van der Waals surface area contributed by atoms with E-state index in [4.69, 9.17) is 4.98 Å². The average molecular weight is 476 g/mol. The highest BCUT2D eigenvalue weighted by molar-refractivity contribution is 7.21. The van der Waals surface area contributed by atoms with Crippen molar-refractivity contribution < 1.29 is 14.4 Å². The summed E-state index contributed by atoms with van der Waals surface area (Å²) in [6.45, 7) is 8.02. The third kappa shape index (κ3) is 3.92. The lowest BCUT2D eigenvalue weighted by atomic mass is 9.95. The van der Waals surface area contributed by atoms with Crippen LogP contribution in [0.2, 0.25) is 0 Å². The molecule has 176 valence electrons. The lowest BCUT2D eigenvalue weighted by molar-refractivity contribution is -0.146. The number of hydrogen-bond acceptors (Lipinski definition) is 5. The number of benzene rings is 2. The molecule has 2 heterocycles. The molecule has 1 atom stereocenters. The largest absolute Gasteiger partial charge is 0.325 e. The van der Waals surface area contributed by atoms with Crippen LogP contribution in [0.25, 0.3) is 20.8 Å². The maximum atomic E-state index is 13.5. The Morgan fingerprint density at radius 2 is 1.85 bits per heavy atom. The van der Waals surface area contributed by atoms with Gasteiger partial charge in [-0.1, -0.05) is 13.0 Å². The second-order valence-electron chi connectivity index (χ2n) is 9.97. The Bertz CT molecular complexity index is 1290. The first-order valence-electron chi connectivity index (χ1n) is 11.9. The van der Waals surface area contributed by atoms with Gasteiger partial charge in [0.05, 0.1) is 22.3 Å². The summed E-state index contributed by atoms with van der Waals surface area (Å²) in [7, 11) is 0. The normalized spacial score (nSPS) is 18.7. The maximum absolute atomic E-state index is 13.5. The smallest absolute Gasteiger partial charge is 0.257 e. The van der Waals surface area contributed by atoms with Crippen molar-refractivity contribution in [3.8, 4) is 10.6 Å². The molecule has 5 rings (SSSR count). The number of nitrogens with zero attached hydrogens (tertiary/aromatic N) is 3. The highest BCUT2D eigenvalue weighted by atomic mass is 32.1. The molecule has 1 saturated carbocycles. The lowest BCUT2D eigenvalue weighted by Crippen LogP contribution is -2.56. The van der Waals surface area contributed by atoms with E-state index < -0.39 is 11.6 Å². The molecule has 3 aromatic rings. The Kier molecular flexibility index (Phi) is 5.55. The van der Waals surface area contributed by atoms with Crippen molar-refractivity contribution in [2.24, 2.45) is 5.92 Å². The molecule has 34 heavy (non-hydrogen) atoms. The lowest BCUT2D eigenvalue weighted by Gasteiger charge is -2.41. The summed E-state index contributed by atoms with van der Waals surface area (Å²) in [5.41, 5.74) is 3.13. The van der Waals surface area contributed by atoms with Crippen molar-refractivity contribution >= 4 is 45.0 Å². The van der Waals surface area contributed by atoms with E-state index in [9.17, 15) is 14.4 Å². The molecule has 0 spiro atoms. The van der Waals surface area contributed by atoms with E-state index in [1.807, 2.05) is 45.0 Å².